The number of piperidine rings is 1. The molecule has 8 heteroatoms. The molecule has 1 aliphatic heterocycles. The van der Waals surface area contributed by atoms with E-state index in [1.165, 1.54) is 0 Å². The van der Waals surface area contributed by atoms with Gasteiger partial charge in [0.1, 0.15) is 11.4 Å². The SMILES string of the molecule is CC(C)(C)OC(=O)N1CCC[C@@H](CNc2nc(Cl)ncc2C#Cc2ccccc2Cl)C1. The van der Waals surface area contributed by atoms with Crippen LogP contribution < -0.4 is 5.32 Å². The summed E-state index contributed by atoms with van der Waals surface area (Å²) in [5, 5.41) is 4.06. The van der Waals surface area contributed by atoms with E-state index in [0.717, 1.165) is 18.4 Å². The highest BCUT2D eigenvalue weighted by molar-refractivity contribution is 6.31. The van der Waals surface area contributed by atoms with E-state index in [9.17, 15) is 4.79 Å². The number of benzene rings is 1. The quantitative estimate of drug-likeness (QED) is 0.500. The number of nitrogens with one attached hydrogen (secondary N) is 1. The van der Waals surface area contributed by atoms with Crippen molar-refractivity contribution in [2.45, 2.75) is 39.2 Å². The minimum atomic E-state index is -0.505. The maximum Gasteiger partial charge on any atom is 0.410 e. The fourth-order valence-electron chi connectivity index (χ4n) is 3.25. The summed E-state index contributed by atoms with van der Waals surface area (Å²) in [7, 11) is 0. The molecule has 31 heavy (non-hydrogen) atoms. The molecule has 2 aromatic rings. The lowest BCUT2D eigenvalue weighted by atomic mass is 9.98. The van der Waals surface area contributed by atoms with Crippen LogP contribution in [0.4, 0.5) is 10.6 Å². The van der Waals surface area contributed by atoms with Crippen molar-refractivity contribution in [3.63, 3.8) is 0 Å². The van der Waals surface area contributed by atoms with Gasteiger partial charge in [0, 0.05) is 31.4 Å². The molecule has 1 aliphatic rings. The van der Waals surface area contributed by atoms with Crippen molar-refractivity contribution in [3.05, 3.63) is 51.9 Å². The number of carbonyl (C=O) groups is 1. The number of carbonyl (C=O) groups excluding carboxylic acids is 1. The Morgan fingerprint density at radius 1 is 1.26 bits per heavy atom. The molecule has 2 heterocycles. The fourth-order valence-corrected chi connectivity index (χ4v) is 3.57. The standard InChI is InChI=1S/C23H26Cl2N4O2/c1-23(2,3)31-22(30)29-12-6-7-16(15-29)13-26-20-18(14-27-21(25)28-20)11-10-17-8-4-5-9-19(17)24/h4-5,8-9,14,16H,6-7,12-13,15H2,1-3H3,(H,26,27,28)/t16-/m0/s1. The molecule has 1 fully saturated rings. The largest absolute Gasteiger partial charge is 0.444 e. The summed E-state index contributed by atoms with van der Waals surface area (Å²) >= 11 is 12.2. The third-order valence-electron chi connectivity index (χ3n) is 4.69. The second-order valence-corrected chi connectivity index (χ2v) is 9.19. The van der Waals surface area contributed by atoms with Crippen molar-refractivity contribution >= 4 is 35.1 Å². The lowest BCUT2D eigenvalue weighted by Crippen LogP contribution is -2.44. The van der Waals surface area contributed by atoms with Crippen molar-refractivity contribution < 1.29 is 9.53 Å². The molecule has 1 amide bonds. The van der Waals surface area contributed by atoms with E-state index in [4.69, 9.17) is 27.9 Å². The molecule has 0 radical (unpaired) electrons. The smallest absolute Gasteiger partial charge is 0.410 e. The van der Waals surface area contributed by atoms with Crippen LogP contribution in [0.2, 0.25) is 10.3 Å². The lowest BCUT2D eigenvalue weighted by Gasteiger charge is -2.34. The zero-order valence-electron chi connectivity index (χ0n) is 17.9. The molecule has 164 valence electrons. The number of halogens is 2. The number of hydrogen-bond donors (Lipinski definition) is 1. The van der Waals surface area contributed by atoms with Crippen LogP contribution in [-0.2, 0) is 4.74 Å². The number of ether oxygens (including phenoxy) is 1. The molecule has 0 aliphatic carbocycles. The molecule has 6 nitrogen and oxygen atoms in total. The Hall–Kier alpha value is -2.49. The molecule has 1 N–H and O–H groups in total. The van der Waals surface area contributed by atoms with E-state index in [2.05, 4.69) is 27.1 Å². The predicted octanol–water partition coefficient (Wildman–Crippen LogP) is 5.24. The zero-order chi connectivity index (χ0) is 22.4. The second-order valence-electron chi connectivity index (χ2n) is 8.45. The summed E-state index contributed by atoms with van der Waals surface area (Å²) in [5.41, 5.74) is 0.851. The summed E-state index contributed by atoms with van der Waals surface area (Å²) in [6.07, 6.45) is 3.25. The Labute approximate surface area is 193 Å². The Bertz CT molecular complexity index is 995. The Kier molecular flexibility index (Phi) is 7.64. The second kappa shape index (κ2) is 10.2. The van der Waals surface area contributed by atoms with Crippen LogP contribution >= 0.6 is 23.2 Å². The third kappa shape index (κ3) is 7.02. The summed E-state index contributed by atoms with van der Waals surface area (Å²) in [6.45, 7) is 7.59. The highest BCUT2D eigenvalue weighted by Gasteiger charge is 2.27. The Morgan fingerprint density at radius 3 is 2.74 bits per heavy atom. The topological polar surface area (TPSA) is 67.3 Å². The highest BCUT2D eigenvalue weighted by atomic mass is 35.5. The highest BCUT2D eigenvalue weighted by Crippen LogP contribution is 2.21. The number of likely N-dealkylation sites (tertiary alicyclic amines) is 1. The van der Waals surface area contributed by atoms with Gasteiger partial charge in [-0.1, -0.05) is 35.6 Å². The van der Waals surface area contributed by atoms with E-state index in [-0.39, 0.29) is 17.3 Å². The van der Waals surface area contributed by atoms with Gasteiger partial charge < -0.3 is 15.0 Å². The first-order valence-electron chi connectivity index (χ1n) is 10.2. The van der Waals surface area contributed by atoms with Gasteiger partial charge in [-0.05, 0) is 63.3 Å². The van der Waals surface area contributed by atoms with Gasteiger partial charge in [0.05, 0.1) is 10.6 Å². The molecule has 1 saturated heterocycles. The maximum atomic E-state index is 12.4. The summed E-state index contributed by atoms with van der Waals surface area (Å²) in [6, 6.07) is 7.39. The molecule has 0 bridgehead atoms. The van der Waals surface area contributed by atoms with Crippen LogP contribution in [0.15, 0.2) is 30.5 Å². The molecule has 0 spiro atoms. The van der Waals surface area contributed by atoms with E-state index in [1.54, 1.807) is 17.2 Å². The van der Waals surface area contributed by atoms with Gasteiger partial charge in [-0.3, -0.25) is 0 Å². The molecule has 1 aromatic heterocycles. The minimum Gasteiger partial charge on any atom is -0.444 e. The van der Waals surface area contributed by atoms with Gasteiger partial charge >= 0.3 is 6.09 Å². The monoisotopic (exact) mass is 460 g/mol. The zero-order valence-corrected chi connectivity index (χ0v) is 19.4. The van der Waals surface area contributed by atoms with Crippen LogP contribution in [0.1, 0.15) is 44.7 Å². The first-order valence-corrected chi connectivity index (χ1v) is 11.0. The van der Waals surface area contributed by atoms with Crippen LogP contribution in [0.3, 0.4) is 0 Å². The minimum absolute atomic E-state index is 0.143. The molecule has 0 unspecified atom stereocenters. The molecule has 1 aromatic carbocycles. The van der Waals surface area contributed by atoms with Crippen LogP contribution in [0.5, 0.6) is 0 Å². The van der Waals surface area contributed by atoms with Crippen molar-refractivity contribution in [2.75, 3.05) is 25.0 Å². The number of rotatable bonds is 3. The molecule has 3 rings (SSSR count). The summed E-state index contributed by atoms with van der Waals surface area (Å²) < 4.78 is 5.51. The third-order valence-corrected chi connectivity index (χ3v) is 5.21. The van der Waals surface area contributed by atoms with Gasteiger partial charge in [-0.2, -0.15) is 4.98 Å². The number of aromatic nitrogens is 2. The van der Waals surface area contributed by atoms with Gasteiger partial charge in [0.2, 0.25) is 5.28 Å². The molecular formula is C23H26Cl2N4O2. The summed E-state index contributed by atoms with van der Waals surface area (Å²) in [4.78, 5) is 22.5. The van der Waals surface area contributed by atoms with Crippen molar-refractivity contribution in [3.8, 4) is 11.8 Å². The first kappa shape index (κ1) is 23.2. The van der Waals surface area contributed by atoms with Crippen molar-refractivity contribution in [2.24, 2.45) is 5.92 Å². The Morgan fingerprint density at radius 2 is 2.00 bits per heavy atom. The normalized spacial score (nSPS) is 16.3. The van der Waals surface area contributed by atoms with E-state index in [0.29, 0.717) is 36.0 Å². The number of anilines is 1. The predicted molar refractivity (Wildman–Crippen MR) is 123 cm³/mol. The number of hydrogen-bond acceptors (Lipinski definition) is 5. The van der Waals surface area contributed by atoms with Gasteiger partial charge in [-0.15, -0.1) is 0 Å². The van der Waals surface area contributed by atoms with Crippen molar-refractivity contribution in [1.29, 1.82) is 0 Å². The average molecular weight is 461 g/mol. The molecular weight excluding hydrogens is 435 g/mol. The number of amides is 1. The Balaban J connectivity index is 1.67. The van der Waals surface area contributed by atoms with Crippen LogP contribution in [-0.4, -0.2) is 46.2 Å². The first-order chi connectivity index (χ1) is 14.7. The van der Waals surface area contributed by atoms with Gasteiger partial charge in [-0.25, -0.2) is 9.78 Å². The van der Waals surface area contributed by atoms with Crippen molar-refractivity contribution in [1.82, 2.24) is 14.9 Å². The van der Waals surface area contributed by atoms with E-state index < -0.39 is 5.60 Å². The fraction of sp³-hybridized carbons (Fsp3) is 0.435. The van der Waals surface area contributed by atoms with Gasteiger partial charge in [0.25, 0.3) is 0 Å². The van der Waals surface area contributed by atoms with Crippen LogP contribution in [0.25, 0.3) is 0 Å². The van der Waals surface area contributed by atoms with Crippen LogP contribution in [0, 0.1) is 17.8 Å². The van der Waals surface area contributed by atoms with Gasteiger partial charge in [0.15, 0.2) is 0 Å². The maximum absolute atomic E-state index is 12.4. The molecule has 0 saturated carbocycles. The van der Waals surface area contributed by atoms with E-state index in [1.807, 2.05) is 39.0 Å². The van der Waals surface area contributed by atoms with E-state index >= 15 is 0 Å². The lowest BCUT2D eigenvalue weighted by molar-refractivity contribution is 0.0172. The number of nitrogens with zero attached hydrogens (tertiary/aromatic N) is 3. The summed E-state index contributed by atoms with van der Waals surface area (Å²) in [5.74, 6) is 6.96. The average Bonchev–Trinajstić information content (AvgIpc) is 2.71. The molecule has 1 atom stereocenters.